The van der Waals surface area contributed by atoms with Gasteiger partial charge in [0.2, 0.25) is 0 Å². The van der Waals surface area contributed by atoms with Crippen LogP contribution in [0.2, 0.25) is 5.02 Å². The largest absolute Gasteiger partial charge is 0.497 e. The summed E-state index contributed by atoms with van der Waals surface area (Å²) < 4.78 is 61.2. The maximum Gasteiger partial charge on any atom is 0.267 e. The summed E-state index contributed by atoms with van der Waals surface area (Å²) in [5.74, 6) is -1.22. The van der Waals surface area contributed by atoms with Crippen LogP contribution in [0.4, 0.5) is 14.5 Å². The summed E-state index contributed by atoms with van der Waals surface area (Å²) in [6, 6.07) is 15.3. The van der Waals surface area contributed by atoms with Crippen molar-refractivity contribution in [2.45, 2.75) is 11.4 Å². The predicted molar refractivity (Wildman–Crippen MR) is 104 cm³/mol. The summed E-state index contributed by atoms with van der Waals surface area (Å²) in [7, 11) is -2.98. The first kappa shape index (κ1) is 20.1. The SMILES string of the molecule is COc1cccc(CN(c2ccccc2F)S(=O)(=O)c2cc(Cl)ccc2F)c1. The second-order valence-electron chi connectivity index (χ2n) is 5.89. The van der Waals surface area contributed by atoms with Gasteiger partial charge >= 0.3 is 0 Å². The molecule has 3 rings (SSSR count). The van der Waals surface area contributed by atoms with Crippen molar-refractivity contribution < 1.29 is 21.9 Å². The van der Waals surface area contributed by atoms with Gasteiger partial charge < -0.3 is 4.74 Å². The summed E-state index contributed by atoms with van der Waals surface area (Å²) in [5.41, 5.74) is 0.332. The molecule has 0 unspecified atom stereocenters. The van der Waals surface area contributed by atoms with E-state index in [2.05, 4.69) is 0 Å². The van der Waals surface area contributed by atoms with Crippen LogP contribution in [-0.4, -0.2) is 15.5 Å². The van der Waals surface area contributed by atoms with Crippen LogP contribution < -0.4 is 9.04 Å². The number of nitrogens with zero attached hydrogens (tertiary/aromatic N) is 1. The zero-order valence-corrected chi connectivity index (χ0v) is 16.3. The minimum atomic E-state index is -4.45. The molecule has 0 N–H and O–H groups in total. The van der Waals surface area contributed by atoms with E-state index in [1.807, 2.05) is 0 Å². The fraction of sp³-hybridized carbons (Fsp3) is 0.100. The van der Waals surface area contributed by atoms with Gasteiger partial charge in [0.05, 0.1) is 19.3 Å². The minimum Gasteiger partial charge on any atom is -0.497 e. The second kappa shape index (κ2) is 8.16. The molecule has 0 aliphatic heterocycles. The summed E-state index contributed by atoms with van der Waals surface area (Å²) >= 11 is 5.86. The molecule has 28 heavy (non-hydrogen) atoms. The summed E-state index contributed by atoms with van der Waals surface area (Å²) in [5, 5.41) is 0.0508. The molecule has 0 radical (unpaired) electrons. The van der Waals surface area contributed by atoms with Crippen molar-refractivity contribution in [3.8, 4) is 5.75 Å². The second-order valence-corrected chi connectivity index (χ2v) is 8.16. The molecule has 0 heterocycles. The third-order valence-electron chi connectivity index (χ3n) is 4.04. The molecule has 0 aliphatic rings. The lowest BCUT2D eigenvalue weighted by Gasteiger charge is -2.25. The van der Waals surface area contributed by atoms with Gasteiger partial charge in [-0.3, -0.25) is 4.31 Å². The fourth-order valence-electron chi connectivity index (χ4n) is 2.68. The predicted octanol–water partition coefficient (Wildman–Crippen LogP) is 5.02. The Balaban J connectivity index is 2.15. The third kappa shape index (κ3) is 4.10. The summed E-state index contributed by atoms with van der Waals surface area (Å²) in [6.45, 7) is -0.230. The van der Waals surface area contributed by atoms with E-state index in [1.165, 1.54) is 31.4 Å². The lowest BCUT2D eigenvalue weighted by Crippen LogP contribution is -2.32. The molecular formula is C20H16ClF2NO3S. The van der Waals surface area contributed by atoms with Gasteiger partial charge in [-0.25, -0.2) is 17.2 Å². The van der Waals surface area contributed by atoms with Gasteiger partial charge in [-0.2, -0.15) is 0 Å². The Morgan fingerprint density at radius 3 is 2.43 bits per heavy atom. The number of rotatable bonds is 6. The summed E-state index contributed by atoms with van der Waals surface area (Å²) in [4.78, 5) is -0.633. The highest BCUT2D eigenvalue weighted by molar-refractivity contribution is 7.92. The Kier molecular flexibility index (Phi) is 5.86. The van der Waals surface area contributed by atoms with Crippen LogP contribution in [0.1, 0.15) is 5.56 Å². The molecule has 0 saturated carbocycles. The van der Waals surface area contributed by atoms with Crippen LogP contribution >= 0.6 is 11.6 Å². The molecule has 0 fully saturated rings. The molecule has 3 aromatic rings. The van der Waals surface area contributed by atoms with Crippen LogP contribution in [0.5, 0.6) is 5.75 Å². The normalized spacial score (nSPS) is 11.3. The van der Waals surface area contributed by atoms with E-state index in [9.17, 15) is 17.2 Å². The molecule has 3 aromatic carbocycles. The van der Waals surface area contributed by atoms with Gasteiger partial charge in [-0.1, -0.05) is 35.9 Å². The molecule has 4 nitrogen and oxygen atoms in total. The van der Waals surface area contributed by atoms with Crippen molar-refractivity contribution in [1.29, 1.82) is 0 Å². The average molecular weight is 424 g/mol. The molecule has 0 amide bonds. The van der Waals surface area contributed by atoms with Gasteiger partial charge in [0, 0.05) is 5.02 Å². The Bertz CT molecular complexity index is 1110. The molecular weight excluding hydrogens is 408 g/mol. The van der Waals surface area contributed by atoms with E-state index in [4.69, 9.17) is 16.3 Å². The molecule has 0 atom stereocenters. The van der Waals surface area contributed by atoms with Crippen molar-refractivity contribution in [1.82, 2.24) is 0 Å². The molecule has 146 valence electrons. The lowest BCUT2D eigenvalue weighted by molar-refractivity contribution is 0.414. The number of anilines is 1. The monoisotopic (exact) mass is 423 g/mol. The molecule has 0 bridgehead atoms. The summed E-state index contributed by atoms with van der Waals surface area (Å²) in [6.07, 6.45) is 0. The Morgan fingerprint density at radius 2 is 1.71 bits per heavy atom. The van der Waals surface area contributed by atoms with Crippen LogP contribution in [0.15, 0.2) is 71.6 Å². The van der Waals surface area contributed by atoms with Crippen LogP contribution in [-0.2, 0) is 16.6 Å². The topological polar surface area (TPSA) is 46.6 Å². The highest BCUT2D eigenvalue weighted by Crippen LogP contribution is 2.31. The molecule has 0 saturated heterocycles. The van der Waals surface area contributed by atoms with Gasteiger partial charge in [-0.15, -0.1) is 0 Å². The molecule has 0 aromatic heterocycles. The smallest absolute Gasteiger partial charge is 0.267 e. The number of ether oxygens (including phenoxy) is 1. The first-order valence-corrected chi connectivity index (χ1v) is 10.00. The van der Waals surface area contributed by atoms with E-state index < -0.39 is 26.6 Å². The van der Waals surface area contributed by atoms with E-state index in [1.54, 1.807) is 24.3 Å². The molecule has 0 aliphatic carbocycles. The fourth-order valence-corrected chi connectivity index (χ4v) is 4.47. The van der Waals surface area contributed by atoms with E-state index in [-0.39, 0.29) is 17.3 Å². The van der Waals surface area contributed by atoms with Gasteiger partial charge in [0.15, 0.2) is 0 Å². The molecule has 8 heteroatoms. The average Bonchev–Trinajstić information content (AvgIpc) is 2.68. The Labute approximate surface area is 167 Å². The number of methoxy groups -OCH3 is 1. The Morgan fingerprint density at radius 1 is 0.964 bits per heavy atom. The number of benzene rings is 3. The van der Waals surface area contributed by atoms with Crippen molar-refractivity contribution >= 4 is 27.3 Å². The van der Waals surface area contributed by atoms with E-state index >= 15 is 0 Å². The maximum absolute atomic E-state index is 14.5. The number of para-hydroxylation sites is 1. The van der Waals surface area contributed by atoms with Gasteiger partial charge in [-0.05, 0) is 48.0 Å². The lowest BCUT2D eigenvalue weighted by atomic mass is 10.2. The first-order valence-electron chi connectivity index (χ1n) is 8.18. The highest BCUT2D eigenvalue weighted by atomic mass is 35.5. The Hall–Kier alpha value is -2.64. The number of hydrogen-bond donors (Lipinski definition) is 0. The zero-order valence-electron chi connectivity index (χ0n) is 14.8. The van der Waals surface area contributed by atoms with Crippen molar-refractivity contribution in [3.63, 3.8) is 0 Å². The maximum atomic E-state index is 14.5. The number of sulfonamides is 1. The van der Waals surface area contributed by atoms with Crippen molar-refractivity contribution in [3.05, 3.63) is 89.0 Å². The van der Waals surface area contributed by atoms with Crippen molar-refractivity contribution in [2.24, 2.45) is 0 Å². The van der Waals surface area contributed by atoms with Crippen LogP contribution in [0, 0.1) is 11.6 Å². The zero-order chi connectivity index (χ0) is 20.3. The minimum absolute atomic E-state index is 0.0508. The van der Waals surface area contributed by atoms with Crippen LogP contribution in [0.3, 0.4) is 0 Å². The first-order chi connectivity index (χ1) is 13.3. The van der Waals surface area contributed by atoms with Crippen molar-refractivity contribution in [2.75, 3.05) is 11.4 Å². The third-order valence-corrected chi connectivity index (χ3v) is 6.05. The van der Waals surface area contributed by atoms with Crippen LogP contribution in [0.25, 0.3) is 0 Å². The van der Waals surface area contributed by atoms with Gasteiger partial charge in [0.25, 0.3) is 10.0 Å². The number of hydrogen-bond acceptors (Lipinski definition) is 3. The van der Waals surface area contributed by atoms with E-state index in [0.29, 0.717) is 11.3 Å². The van der Waals surface area contributed by atoms with E-state index in [0.717, 1.165) is 22.5 Å². The molecule has 0 spiro atoms. The highest BCUT2D eigenvalue weighted by Gasteiger charge is 2.30. The number of halogens is 3. The standard InChI is InChI=1S/C20H16ClF2NO3S/c1-27-16-6-4-5-14(11-16)13-24(19-8-3-2-7-17(19)22)28(25,26)20-12-15(21)9-10-18(20)23/h2-12H,13H2,1H3. The van der Waals surface area contributed by atoms with Gasteiger partial charge in [0.1, 0.15) is 22.3 Å². The quantitative estimate of drug-likeness (QED) is 0.559.